The number of hydrogen-bond acceptors (Lipinski definition) is 6. The number of nitrogens with one attached hydrogen (secondary N) is 2. The molecule has 0 aliphatic carbocycles. The van der Waals surface area contributed by atoms with E-state index >= 15 is 0 Å². The molecular weight excluding hydrogens is 296 g/mol. The van der Waals surface area contributed by atoms with Crippen molar-refractivity contribution in [1.82, 2.24) is 10.6 Å². The second kappa shape index (κ2) is 5.68. The van der Waals surface area contributed by atoms with E-state index in [4.69, 9.17) is 0 Å². The van der Waals surface area contributed by atoms with Crippen LogP contribution in [0.1, 0.15) is 0 Å². The lowest BCUT2D eigenvalue weighted by atomic mass is 10.3. The number of carbonyl (C=O) groups is 2. The number of nitrogens with zero attached hydrogens (tertiary/aromatic N) is 2. The van der Waals surface area contributed by atoms with Crippen LogP contribution in [0.4, 0.5) is 11.4 Å². The van der Waals surface area contributed by atoms with Gasteiger partial charge >= 0.3 is 0 Å². The Hall–Kier alpha value is -1.80. The summed E-state index contributed by atoms with van der Waals surface area (Å²) in [5.74, 6) is 0.791. The second-order valence-corrected chi connectivity index (χ2v) is 5.95. The summed E-state index contributed by atoms with van der Waals surface area (Å²) in [5.41, 5.74) is 1.50. The van der Waals surface area contributed by atoms with Gasteiger partial charge in [-0.25, -0.2) is 9.98 Å². The van der Waals surface area contributed by atoms with E-state index in [-0.39, 0.29) is 11.8 Å². The molecule has 1 aromatic rings. The molecule has 2 N–H and O–H groups in total. The Kier molecular flexibility index (Phi) is 3.75. The van der Waals surface area contributed by atoms with Gasteiger partial charge in [-0.1, -0.05) is 23.5 Å². The van der Waals surface area contributed by atoms with Gasteiger partial charge in [0.2, 0.25) is 11.8 Å². The van der Waals surface area contributed by atoms with Gasteiger partial charge in [0.15, 0.2) is 10.3 Å². The van der Waals surface area contributed by atoms with Gasteiger partial charge in [-0.05, 0) is 24.3 Å². The predicted octanol–water partition coefficient (Wildman–Crippen LogP) is 1.39. The molecule has 2 aliphatic rings. The highest BCUT2D eigenvalue weighted by atomic mass is 32.2. The van der Waals surface area contributed by atoms with E-state index in [1.807, 2.05) is 24.3 Å². The molecule has 2 fully saturated rings. The fourth-order valence-electron chi connectivity index (χ4n) is 1.61. The zero-order valence-corrected chi connectivity index (χ0v) is 11.9. The molecule has 0 aromatic heterocycles. The first-order valence-electron chi connectivity index (χ1n) is 5.82. The number of rotatable bonds is 2. The minimum absolute atomic E-state index is 0.0224. The van der Waals surface area contributed by atoms with E-state index in [0.717, 1.165) is 11.4 Å². The quantitative estimate of drug-likeness (QED) is 0.865. The highest BCUT2D eigenvalue weighted by Crippen LogP contribution is 2.23. The summed E-state index contributed by atoms with van der Waals surface area (Å²) in [6, 6.07) is 7.27. The second-order valence-electron chi connectivity index (χ2n) is 4.02. The first-order valence-corrected chi connectivity index (χ1v) is 7.79. The van der Waals surface area contributed by atoms with Gasteiger partial charge in [-0.15, -0.1) is 0 Å². The summed E-state index contributed by atoms with van der Waals surface area (Å²) < 4.78 is 0. The van der Waals surface area contributed by atoms with Crippen LogP contribution in [0.2, 0.25) is 0 Å². The van der Waals surface area contributed by atoms with E-state index in [9.17, 15) is 9.59 Å². The van der Waals surface area contributed by atoms with Gasteiger partial charge in [0, 0.05) is 0 Å². The van der Waals surface area contributed by atoms with Gasteiger partial charge in [-0.2, -0.15) is 0 Å². The van der Waals surface area contributed by atoms with E-state index in [1.54, 1.807) is 0 Å². The number of carbonyl (C=O) groups excluding carboxylic acids is 2. The van der Waals surface area contributed by atoms with E-state index in [2.05, 4.69) is 20.6 Å². The van der Waals surface area contributed by atoms with Crippen molar-refractivity contribution in [3.8, 4) is 0 Å². The first kappa shape index (κ1) is 13.2. The molecule has 2 heterocycles. The fourth-order valence-corrected chi connectivity index (χ4v) is 3.00. The Balaban J connectivity index is 1.72. The number of hydrogen-bond donors (Lipinski definition) is 2. The Labute approximate surface area is 123 Å². The Morgan fingerprint density at radius 3 is 1.50 bits per heavy atom. The molecule has 2 amide bonds. The molecule has 3 rings (SSSR count). The van der Waals surface area contributed by atoms with Crippen molar-refractivity contribution in [2.24, 2.45) is 9.98 Å². The smallest absolute Gasteiger partial charge is 0.236 e. The van der Waals surface area contributed by atoms with Crippen molar-refractivity contribution in [2.75, 3.05) is 11.5 Å². The van der Waals surface area contributed by atoms with Crippen molar-refractivity contribution in [2.45, 2.75) is 0 Å². The SMILES string of the molecule is O=C1CSC(=Nc2ccc(N=C3NC(=O)CS3)cc2)N1. The van der Waals surface area contributed by atoms with Gasteiger partial charge in [0.25, 0.3) is 0 Å². The van der Waals surface area contributed by atoms with Crippen molar-refractivity contribution in [1.29, 1.82) is 0 Å². The topological polar surface area (TPSA) is 82.9 Å². The van der Waals surface area contributed by atoms with Crippen molar-refractivity contribution >= 4 is 57.0 Å². The molecule has 0 spiro atoms. The summed E-state index contributed by atoms with van der Waals surface area (Å²) in [4.78, 5) is 30.7. The van der Waals surface area contributed by atoms with Crippen LogP contribution in [0.5, 0.6) is 0 Å². The van der Waals surface area contributed by atoms with Crippen molar-refractivity contribution in [3.05, 3.63) is 24.3 Å². The normalized spacial score (nSPS) is 22.4. The maximum atomic E-state index is 11.1. The molecule has 0 atom stereocenters. The zero-order valence-electron chi connectivity index (χ0n) is 10.3. The molecule has 2 aliphatic heterocycles. The lowest BCUT2D eigenvalue weighted by Crippen LogP contribution is -2.19. The minimum atomic E-state index is -0.0224. The molecule has 0 bridgehead atoms. The van der Waals surface area contributed by atoms with E-state index in [0.29, 0.717) is 21.8 Å². The van der Waals surface area contributed by atoms with Crippen molar-refractivity contribution in [3.63, 3.8) is 0 Å². The molecule has 0 unspecified atom stereocenters. The largest absolute Gasteiger partial charge is 0.304 e. The Bertz CT molecular complexity index is 570. The Morgan fingerprint density at radius 2 is 1.20 bits per heavy atom. The number of thioether (sulfide) groups is 2. The van der Waals surface area contributed by atoms with Crippen LogP contribution in [0.25, 0.3) is 0 Å². The molecule has 102 valence electrons. The molecule has 6 nitrogen and oxygen atoms in total. The number of aliphatic imine (C=N–C) groups is 2. The molecular formula is C12H10N4O2S2. The van der Waals surface area contributed by atoms with Crippen LogP contribution in [0, 0.1) is 0 Å². The van der Waals surface area contributed by atoms with Crippen LogP contribution in [0.15, 0.2) is 34.3 Å². The van der Waals surface area contributed by atoms with Crippen LogP contribution < -0.4 is 10.6 Å². The summed E-state index contributed by atoms with van der Waals surface area (Å²) in [5, 5.41) is 6.59. The minimum Gasteiger partial charge on any atom is -0.304 e. The highest BCUT2D eigenvalue weighted by molar-refractivity contribution is 8.15. The Morgan fingerprint density at radius 1 is 0.800 bits per heavy atom. The van der Waals surface area contributed by atoms with Crippen LogP contribution in [-0.2, 0) is 9.59 Å². The molecule has 0 saturated carbocycles. The van der Waals surface area contributed by atoms with E-state index < -0.39 is 0 Å². The van der Waals surface area contributed by atoms with Gasteiger partial charge < -0.3 is 10.6 Å². The summed E-state index contributed by atoms with van der Waals surface area (Å²) >= 11 is 2.77. The number of benzene rings is 1. The lowest BCUT2D eigenvalue weighted by Gasteiger charge is -1.99. The third kappa shape index (κ3) is 3.20. The van der Waals surface area contributed by atoms with Crippen LogP contribution >= 0.6 is 23.5 Å². The number of amidine groups is 2. The van der Waals surface area contributed by atoms with Gasteiger partial charge in [-0.3, -0.25) is 9.59 Å². The van der Waals surface area contributed by atoms with E-state index in [1.165, 1.54) is 23.5 Å². The van der Waals surface area contributed by atoms with Crippen molar-refractivity contribution < 1.29 is 9.59 Å². The lowest BCUT2D eigenvalue weighted by molar-refractivity contribution is -0.117. The maximum Gasteiger partial charge on any atom is 0.236 e. The average Bonchev–Trinajstić information content (AvgIpc) is 3.01. The average molecular weight is 306 g/mol. The molecule has 0 radical (unpaired) electrons. The number of amides is 2. The third-order valence-electron chi connectivity index (χ3n) is 2.48. The summed E-state index contributed by atoms with van der Waals surface area (Å²) in [7, 11) is 0. The predicted molar refractivity (Wildman–Crippen MR) is 81.8 cm³/mol. The molecule has 2 saturated heterocycles. The van der Waals surface area contributed by atoms with Gasteiger partial charge in [0.05, 0.1) is 22.9 Å². The molecule has 20 heavy (non-hydrogen) atoms. The van der Waals surface area contributed by atoms with Gasteiger partial charge in [0.1, 0.15) is 0 Å². The van der Waals surface area contributed by atoms with Crippen LogP contribution in [-0.4, -0.2) is 33.7 Å². The monoisotopic (exact) mass is 306 g/mol. The summed E-state index contributed by atoms with van der Waals surface area (Å²) in [6.07, 6.45) is 0. The molecule has 8 heteroatoms. The highest BCUT2D eigenvalue weighted by Gasteiger charge is 2.17. The standard InChI is InChI=1S/C12H10N4O2S2/c17-9-5-19-11(15-9)13-7-1-2-8(4-3-7)14-12-16-10(18)6-20-12/h1-4H,5-6H2,(H,13,15,17)(H,14,16,18). The zero-order chi connectivity index (χ0) is 13.9. The summed E-state index contributed by atoms with van der Waals surface area (Å²) in [6.45, 7) is 0. The third-order valence-corrected chi connectivity index (χ3v) is 4.23. The maximum absolute atomic E-state index is 11.1. The first-order chi connectivity index (χ1) is 9.69. The molecule has 1 aromatic carbocycles. The fraction of sp³-hybridized carbons (Fsp3) is 0.167. The van der Waals surface area contributed by atoms with Crippen LogP contribution in [0.3, 0.4) is 0 Å².